The molecule has 0 fully saturated rings. The molecule has 1 aromatic carbocycles. The molecule has 0 aliphatic carbocycles. The van der Waals surface area contributed by atoms with Gasteiger partial charge < -0.3 is 10.2 Å². The van der Waals surface area contributed by atoms with Crippen LogP contribution >= 0.6 is 11.6 Å². The lowest BCUT2D eigenvalue weighted by Gasteiger charge is -2.28. The first-order chi connectivity index (χ1) is 9.49. The Labute approximate surface area is 126 Å². The van der Waals surface area contributed by atoms with Crippen molar-refractivity contribution in [3.05, 3.63) is 35.4 Å². The van der Waals surface area contributed by atoms with E-state index in [9.17, 15) is 0 Å². The number of nitrogens with zero attached hydrogens (tertiary/aromatic N) is 2. The summed E-state index contributed by atoms with van der Waals surface area (Å²) in [5, 5.41) is 5.17. The molecular weight excluding hydrogens is 270 g/mol. The lowest BCUT2D eigenvalue weighted by Crippen LogP contribution is -2.38. The number of benzene rings is 1. The molecule has 1 N–H and O–H groups in total. The van der Waals surface area contributed by atoms with Crippen molar-refractivity contribution in [2.75, 3.05) is 26.0 Å². The summed E-state index contributed by atoms with van der Waals surface area (Å²) in [6.07, 6.45) is 0. The van der Waals surface area contributed by atoms with Gasteiger partial charge in [0, 0.05) is 18.0 Å². The van der Waals surface area contributed by atoms with Gasteiger partial charge in [0.15, 0.2) is 0 Å². The second kappa shape index (κ2) is 6.42. The first kappa shape index (κ1) is 15.1. The number of aromatic nitrogens is 1. The molecule has 0 aliphatic heterocycles. The number of likely N-dealkylation sites (N-methyl/N-ethyl adjacent to an activating group) is 1. The third-order valence-electron chi connectivity index (χ3n) is 3.60. The smallest absolute Gasteiger partial charge is 0.126 e. The van der Waals surface area contributed by atoms with Gasteiger partial charge in [-0.1, -0.05) is 37.6 Å². The molecule has 0 saturated carbocycles. The number of rotatable bonds is 5. The third kappa shape index (κ3) is 3.41. The van der Waals surface area contributed by atoms with Crippen LogP contribution in [0.4, 0.5) is 5.82 Å². The standard InChI is InChI=1S/C16H22ClN3/c1-11(2)14(20(3)4)10-18-15-9-8-12-6-5-7-13(17)16(12)19-15/h5-9,11,14H,10H2,1-4H3,(H,18,19)/t14-/m1/s1. The van der Waals surface area contributed by atoms with E-state index in [0.717, 1.165) is 23.3 Å². The predicted octanol–water partition coefficient (Wildman–Crippen LogP) is 3.89. The van der Waals surface area contributed by atoms with Crippen LogP contribution in [0.1, 0.15) is 13.8 Å². The van der Waals surface area contributed by atoms with Gasteiger partial charge >= 0.3 is 0 Å². The molecular formula is C16H22ClN3. The molecule has 3 nitrogen and oxygen atoms in total. The van der Waals surface area contributed by atoms with Gasteiger partial charge in [-0.3, -0.25) is 0 Å². The third-order valence-corrected chi connectivity index (χ3v) is 3.90. The molecule has 0 unspecified atom stereocenters. The largest absolute Gasteiger partial charge is 0.368 e. The predicted molar refractivity (Wildman–Crippen MR) is 87.6 cm³/mol. The topological polar surface area (TPSA) is 28.2 Å². The van der Waals surface area contributed by atoms with Crippen LogP contribution < -0.4 is 5.32 Å². The van der Waals surface area contributed by atoms with Crippen molar-refractivity contribution in [1.29, 1.82) is 0 Å². The zero-order chi connectivity index (χ0) is 14.7. The van der Waals surface area contributed by atoms with Gasteiger partial charge in [0.25, 0.3) is 0 Å². The fourth-order valence-electron chi connectivity index (χ4n) is 2.43. The van der Waals surface area contributed by atoms with Gasteiger partial charge in [-0.15, -0.1) is 0 Å². The quantitative estimate of drug-likeness (QED) is 0.906. The molecule has 1 heterocycles. The maximum atomic E-state index is 6.19. The van der Waals surface area contributed by atoms with Crippen LogP contribution in [0.25, 0.3) is 10.9 Å². The summed E-state index contributed by atoms with van der Waals surface area (Å²) in [6, 6.07) is 10.4. The lowest BCUT2D eigenvalue weighted by atomic mass is 10.0. The molecule has 0 radical (unpaired) electrons. The highest BCUT2D eigenvalue weighted by Crippen LogP contribution is 2.23. The fourth-order valence-corrected chi connectivity index (χ4v) is 2.66. The molecule has 2 rings (SSSR count). The van der Waals surface area contributed by atoms with E-state index < -0.39 is 0 Å². The van der Waals surface area contributed by atoms with Crippen LogP contribution in [0.3, 0.4) is 0 Å². The van der Waals surface area contributed by atoms with Crippen molar-refractivity contribution in [1.82, 2.24) is 9.88 Å². The number of pyridine rings is 1. The van der Waals surface area contributed by atoms with Crippen molar-refractivity contribution in [3.63, 3.8) is 0 Å². The van der Waals surface area contributed by atoms with E-state index in [2.05, 4.69) is 49.2 Å². The minimum Gasteiger partial charge on any atom is -0.368 e. The van der Waals surface area contributed by atoms with Crippen molar-refractivity contribution in [2.45, 2.75) is 19.9 Å². The van der Waals surface area contributed by atoms with Crippen LogP contribution in [-0.4, -0.2) is 36.6 Å². The zero-order valence-corrected chi connectivity index (χ0v) is 13.3. The highest BCUT2D eigenvalue weighted by Gasteiger charge is 2.15. The lowest BCUT2D eigenvalue weighted by molar-refractivity contribution is 0.243. The Balaban J connectivity index is 2.16. The SMILES string of the molecule is CC(C)[C@@H](CNc1ccc2cccc(Cl)c2n1)N(C)C. The molecule has 0 bridgehead atoms. The number of para-hydroxylation sites is 1. The minimum absolute atomic E-state index is 0.471. The summed E-state index contributed by atoms with van der Waals surface area (Å²) < 4.78 is 0. The van der Waals surface area contributed by atoms with Crippen molar-refractivity contribution in [3.8, 4) is 0 Å². The number of nitrogens with one attached hydrogen (secondary N) is 1. The van der Waals surface area contributed by atoms with E-state index >= 15 is 0 Å². The Bertz CT molecular complexity index is 573. The highest BCUT2D eigenvalue weighted by molar-refractivity contribution is 6.35. The molecule has 108 valence electrons. The molecule has 4 heteroatoms. The van der Waals surface area contributed by atoms with Gasteiger partial charge in [0.2, 0.25) is 0 Å². The van der Waals surface area contributed by atoms with Gasteiger partial charge in [-0.05, 0) is 38.2 Å². The van der Waals surface area contributed by atoms with Crippen molar-refractivity contribution in [2.24, 2.45) is 5.92 Å². The maximum absolute atomic E-state index is 6.19. The summed E-state index contributed by atoms with van der Waals surface area (Å²) in [6.45, 7) is 5.34. The summed E-state index contributed by atoms with van der Waals surface area (Å²) in [7, 11) is 4.22. The van der Waals surface area contributed by atoms with Crippen LogP contribution in [-0.2, 0) is 0 Å². The monoisotopic (exact) mass is 291 g/mol. The fraction of sp³-hybridized carbons (Fsp3) is 0.438. The highest BCUT2D eigenvalue weighted by atomic mass is 35.5. The first-order valence-electron chi connectivity index (χ1n) is 6.94. The first-order valence-corrected chi connectivity index (χ1v) is 7.32. The average Bonchev–Trinajstić information content (AvgIpc) is 2.39. The molecule has 0 aliphatic rings. The Hall–Kier alpha value is -1.32. The summed E-state index contributed by atoms with van der Waals surface area (Å²) in [5.74, 6) is 1.46. The summed E-state index contributed by atoms with van der Waals surface area (Å²) in [5.41, 5.74) is 0.852. The van der Waals surface area contributed by atoms with Gasteiger partial charge in [-0.2, -0.15) is 0 Å². The summed E-state index contributed by atoms with van der Waals surface area (Å²) in [4.78, 5) is 6.85. The van der Waals surface area contributed by atoms with Crippen LogP contribution in [0.2, 0.25) is 5.02 Å². The van der Waals surface area contributed by atoms with E-state index in [1.165, 1.54) is 0 Å². The second-order valence-corrected chi connectivity index (χ2v) is 6.07. The number of hydrogen-bond donors (Lipinski definition) is 1. The van der Waals surface area contributed by atoms with Crippen LogP contribution in [0.15, 0.2) is 30.3 Å². The number of fused-ring (bicyclic) bond motifs is 1. The number of anilines is 1. The van der Waals surface area contributed by atoms with Gasteiger partial charge in [-0.25, -0.2) is 4.98 Å². The molecule has 1 aromatic heterocycles. The van der Waals surface area contributed by atoms with E-state index in [0.29, 0.717) is 17.0 Å². The average molecular weight is 292 g/mol. The second-order valence-electron chi connectivity index (χ2n) is 5.66. The molecule has 0 amide bonds. The van der Waals surface area contributed by atoms with E-state index in [4.69, 9.17) is 11.6 Å². The Morgan fingerprint density at radius 1 is 1.20 bits per heavy atom. The van der Waals surface area contributed by atoms with Gasteiger partial charge in [0.05, 0.1) is 10.5 Å². The van der Waals surface area contributed by atoms with E-state index in [-0.39, 0.29) is 0 Å². The Morgan fingerprint density at radius 2 is 1.95 bits per heavy atom. The maximum Gasteiger partial charge on any atom is 0.126 e. The Morgan fingerprint density at radius 3 is 2.60 bits per heavy atom. The Kier molecular flexibility index (Phi) is 4.84. The van der Waals surface area contributed by atoms with E-state index in [1.807, 2.05) is 24.3 Å². The molecule has 1 atom stereocenters. The normalized spacial score (nSPS) is 13.2. The molecule has 0 saturated heterocycles. The summed E-state index contributed by atoms with van der Waals surface area (Å²) >= 11 is 6.19. The zero-order valence-electron chi connectivity index (χ0n) is 12.5. The number of halogens is 1. The van der Waals surface area contributed by atoms with Gasteiger partial charge in [0.1, 0.15) is 5.82 Å². The minimum atomic E-state index is 0.471. The van der Waals surface area contributed by atoms with Crippen molar-refractivity contribution >= 4 is 28.3 Å². The molecule has 20 heavy (non-hydrogen) atoms. The van der Waals surface area contributed by atoms with Crippen molar-refractivity contribution < 1.29 is 0 Å². The number of hydrogen-bond acceptors (Lipinski definition) is 3. The molecule has 2 aromatic rings. The van der Waals surface area contributed by atoms with Crippen LogP contribution in [0, 0.1) is 5.92 Å². The molecule has 0 spiro atoms. The van der Waals surface area contributed by atoms with Crippen LogP contribution in [0.5, 0.6) is 0 Å². The van der Waals surface area contributed by atoms with E-state index in [1.54, 1.807) is 0 Å².